The number of aromatic nitrogens is 1. The third-order valence-electron chi connectivity index (χ3n) is 3.79. The zero-order valence-corrected chi connectivity index (χ0v) is 14.8. The van der Waals surface area contributed by atoms with E-state index in [0.717, 1.165) is 69.4 Å². The van der Waals surface area contributed by atoms with E-state index in [2.05, 4.69) is 27.7 Å². The van der Waals surface area contributed by atoms with Gasteiger partial charge in [-0.05, 0) is 32.6 Å². The number of nitrogens with one attached hydrogen (secondary N) is 2. The van der Waals surface area contributed by atoms with Crippen LogP contribution in [0.3, 0.4) is 0 Å². The lowest BCUT2D eigenvalue weighted by atomic mass is 10.2. The molecule has 0 radical (unpaired) electrons. The largest absolute Gasteiger partial charge is 0.379 e. The lowest BCUT2D eigenvalue weighted by molar-refractivity contribution is 0.0168. The number of hydrogen-bond donors (Lipinski definition) is 2. The molecule has 1 aliphatic rings. The van der Waals surface area contributed by atoms with Gasteiger partial charge in [0.25, 0.3) is 0 Å². The van der Waals surface area contributed by atoms with Gasteiger partial charge in [0.1, 0.15) is 6.54 Å². The van der Waals surface area contributed by atoms with Crippen molar-refractivity contribution >= 4 is 5.96 Å². The van der Waals surface area contributed by atoms with Crippen molar-refractivity contribution in [3.05, 3.63) is 17.5 Å². The molecule has 0 aromatic carbocycles. The predicted octanol–water partition coefficient (Wildman–Crippen LogP) is 1.88. The van der Waals surface area contributed by atoms with Gasteiger partial charge in [0.15, 0.2) is 11.7 Å². The van der Waals surface area contributed by atoms with E-state index in [1.165, 1.54) is 0 Å². The molecule has 136 valence electrons. The molecule has 1 aromatic heterocycles. The number of aryl methyl sites for hydroxylation is 1. The van der Waals surface area contributed by atoms with Crippen LogP contribution in [0, 0.1) is 0 Å². The van der Waals surface area contributed by atoms with E-state index < -0.39 is 0 Å². The lowest BCUT2D eigenvalue weighted by Crippen LogP contribution is -2.38. The van der Waals surface area contributed by atoms with E-state index in [4.69, 9.17) is 14.0 Å². The fourth-order valence-electron chi connectivity index (χ4n) is 2.47. The van der Waals surface area contributed by atoms with Crippen LogP contribution in [0.5, 0.6) is 0 Å². The van der Waals surface area contributed by atoms with Gasteiger partial charge in [-0.2, -0.15) is 0 Å². The van der Waals surface area contributed by atoms with E-state index in [-0.39, 0.29) is 0 Å². The van der Waals surface area contributed by atoms with Crippen molar-refractivity contribution in [3.63, 3.8) is 0 Å². The highest BCUT2D eigenvalue weighted by atomic mass is 16.5. The third-order valence-corrected chi connectivity index (χ3v) is 3.79. The van der Waals surface area contributed by atoms with Crippen LogP contribution in [0.1, 0.15) is 44.6 Å². The molecule has 7 heteroatoms. The molecule has 1 saturated heterocycles. The molecule has 0 aliphatic carbocycles. The smallest absolute Gasteiger partial charge is 0.191 e. The number of rotatable bonds is 10. The van der Waals surface area contributed by atoms with E-state index in [1.54, 1.807) is 0 Å². The molecule has 0 bridgehead atoms. The molecule has 1 atom stereocenters. The summed E-state index contributed by atoms with van der Waals surface area (Å²) in [5.74, 6) is 1.56. The van der Waals surface area contributed by atoms with Crippen LogP contribution in [0.15, 0.2) is 15.6 Å². The van der Waals surface area contributed by atoms with Crippen molar-refractivity contribution in [2.45, 2.75) is 52.2 Å². The minimum Gasteiger partial charge on any atom is -0.379 e. The van der Waals surface area contributed by atoms with Crippen LogP contribution in [0.25, 0.3) is 0 Å². The first-order valence-electron chi connectivity index (χ1n) is 8.97. The molecule has 0 spiro atoms. The SMILES string of the molecule is CCNC(=NCc1cc(CC)no1)NCCCOCC1CCCO1. The Morgan fingerprint density at radius 3 is 3.04 bits per heavy atom. The standard InChI is InChI=1S/C17H30N4O3/c1-3-14-11-16(24-21-14)12-20-17(18-4-2)19-8-6-9-22-13-15-7-5-10-23-15/h11,15H,3-10,12-13H2,1-2H3,(H2,18,19,20). The molecule has 2 heterocycles. The van der Waals surface area contributed by atoms with E-state index in [0.29, 0.717) is 19.3 Å². The van der Waals surface area contributed by atoms with Crippen molar-refractivity contribution in [1.29, 1.82) is 0 Å². The zero-order chi connectivity index (χ0) is 17.0. The molecule has 24 heavy (non-hydrogen) atoms. The Balaban J connectivity index is 1.61. The van der Waals surface area contributed by atoms with Crippen LogP contribution in [-0.2, 0) is 22.4 Å². The topological polar surface area (TPSA) is 80.9 Å². The van der Waals surface area contributed by atoms with Gasteiger partial charge in [0.2, 0.25) is 0 Å². The van der Waals surface area contributed by atoms with Crippen LogP contribution in [-0.4, -0.2) is 50.1 Å². The van der Waals surface area contributed by atoms with E-state index in [1.807, 2.05) is 13.0 Å². The second-order valence-electron chi connectivity index (χ2n) is 5.82. The number of nitrogens with zero attached hydrogens (tertiary/aromatic N) is 2. The van der Waals surface area contributed by atoms with Crippen molar-refractivity contribution in [2.24, 2.45) is 4.99 Å². The average Bonchev–Trinajstić information content (AvgIpc) is 3.27. The van der Waals surface area contributed by atoms with Crippen molar-refractivity contribution < 1.29 is 14.0 Å². The van der Waals surface area contributed by atoms with Gasteiger partial charge in [0, 0.05) is 32.4 Å². The third kappa shape index (κ3) is 6.88. The molecule has 2 rings (SSSR count). The summed E-state index contributed by atoms with van der Waals surface area (Å²) in [6.07, 6.45) is 4.38. The predicted molar refractivity (Wildman–Crippen MR) is 93.1 cm³/mol. The minimum absolute atomic E-state index is 0.298. The summed E-state index contributed by atoms with van der Waals surface area (Å²) in [6.45, 7) is 8.53. The number of guanidine groups is 1. The van der Waals surface area contributed by atoms with Gasteiger partial charge in [-0.25, -0.2) is 4.99 Å². The summed E-state index contributed by atoms with van der Waals surface area (Å²) in [5, 5.41) is 10.5. The summed E-state index contributed by atoms with van der Waals surface area (Å²) in [7, 11) is 0. The van der Waals surface area contributed by atoms with Crippen molar-refractivity contribution in [3.8, 4) is 0 Å². The van der Waals surface area contributed by atoms with Crippen LogP contribution in [0.4, 0.5) is 0 Å². The Bertz CT molecular complexity index is 484. The minimum atomic E-state index is 0.298. The molecule has 7 nitrogen and oxygen atoms in total. The maximum absolute atomic E-state index is 5.66. The number of aliphatic imine (C=N–C) groups is 1. The molecule has 1 unspecified atom stereocenters. The van der Waals surface area contributed by atoms with E-state index >= 15 is 0 Å². The molecule has 1 aromatic rings. The highest BCUT2D eigenvalue weighted by molar-refractivity contribution is 5.79. The van der Waals surface area contributed by atoms with Gasteiger partial charge in [0.05, 0.1) is 18.4 Å². The summed E-state index contributed by atoms with van der Waals surface area (Å²) in [6, 6.07) is 1.95. The highest BCUT2D eigenvalue weighted by Crippen LogP contribution is 2.11. The fourth-order valence-corrected chi connectivity index (χ4v) is 2.47. The van der Waals surface area contributed by atoms with Gasteiger partial charge in [-0.1, -0.05) is 12.1 Å². The summed E-state index contributed by atoms with van der Waals surface area (Å²) in [5.41, 5.74) is 0.960. The first kappa shape index (κ1) is 18.7. The molecule has 1 aliphatic heterocycles. The average molecular weight is 338 g/mol. The second-order valence-corrected chi connectivity index (χ2v) is 5.82. The summed E-state index contributed by atoms with van der Waals surface area (Å²) >= 11 is 0. The van der Waals surface area contributed by atoms with Crippen LogP contribution in [0.2, 0.25) is 0 Å². The van der Waals surface area contributed by atoms with Gasteiger partial charge in [-0.3, -0.25) is 0 Å². The summed E-state index contributed by atoms with van der Waals surface area (Å²) in [4.78, 5) is 4.51. The Morgan fingerprint density at radius 1 is 1.42 bits per heavy atom. The van der Waals surface area contributed by atoms with Crippen molar-refractivity contribution in [1.82, 2.24) is 15.8 Å². The Morgan fingerprint density at radius 2 is 2.33 bits per heavy atom. The molecule has 0 saturated carbocycles. The number of hydrogen-bond acceptors (Lipinski definition) is 5. The number of ether oxygens (including phenoxy) is 2. The Hall–Kier alpha value is -1.60. The fraction of sp³-hybridized carbons (Fsp3) is 0.765. The molecule has 1 fully saturated rings. The first-order valence-corrected chi connectivity index (χ1v) is 8.97. The van der Waals surface area contributed by atoms with Crippen LogP contribution < -0.4 is 10.6 Å². The normalized spacial score (nSPS) is 18.1. The molecule has 2 N–H and O–H groups in total. The van der Waals surface area contributed by atoms with Gasteiger partial charge in [-0.15, -0.1) is 0 Å². The monoisotopic (exact) mass is 338 g/mol. The molecule has 0 amide bonds. The molecular weight excluding hydrogens is 308 g/mol. The van der Waals surface area contributed by atoms with Crippen molar-refractivity contribution in [2.75, 3.05) is 32.9 Å². The van der Waals surface area contributed by atoms with Gasteiger partial charge < -0.3 is 24.6 Å². The lowest BCUT2D eigenvalue weighted by Gasteiger charge is -2.12. The maximum atomic E-state index is 5.66. The zero-order valence-electron chi connectivity index (χ0n) is 14.8. The molecular formula is C17H30N4O3. The summed E-state index contributed by atoms with van der Waals surface area (Å²) < 4.78 is 16.4. The highest BCUT2D eigenvalue weighted by Gasteiger charge is 2.14. The first-order chi connectivity index (χ1) is 11.8. The maximum Gasteiger partial charge on any atom is 0.191 e. The quantitative estimate of drug-likeness (QED) is 0.385. The van der Waals surface area contributed by atoms with Gasteiger partial charge >= 0.3 is 0 Å². The van der Waals surface area contributed by atoms with Crippen LogP contribution >= 0.6 is 0 Å². The van der Waals surface area contributed by atoms with E-state index in [9.17, 15) is 0 Å². The Kier molecular flexibility index (Phi) is 8.62. The Labute approximate surface area is 144 Å². The second kappa shape index (κ2) is 11.0.